The molecule has 0 radical (unpaired) electrons. The van der Waals surface area contributed by atoms with E-state index in [1.54, 1.807) is 18.5 Å². The number of nitrogens with one attached hydrogen (secondary N) is 1. The minimum absolute atomic E-state index is 0.0793. The second-order valence-corrected chi connectivity index (χ2v) is 6.96. The maximum atomic E-state index is 12.5. The summed E-state index contributed by atoms with van der Waals surface area (Å²) in [6.45, 7) is 3.31. The van der Waals surface area contributed by atoms with E-state index >= 15 is 0 Å². The van der Waals surface area contributed by atoms with Crippen molar-refractivity contribution in [3.05, 3.63) is 34.7 Å². The van der Waals surface area contributed by atoms with E-state index < -0.39 is 0 Å². The summed E-state index contributed by atoms with van der Waals surface area (Å²) in [4.78, 5) is 23.6. The average Bonchev–Trinajstić information content (AvgIpc) is 2.56. The van der Waals surface area contributed by atoms with Gasteiger partial charge < -0.3 is 10.2 Å². The molecular weight excluding hydrogens is 344 g/mol. The molecular formula is C16H17BrN4O. The van der Waals surface area contributed by atoms with Crippen LogP contribution in [0.3, 0.4) is 0 Å². The smallest absolute Gasteiger partial charge is 0.270 e. The molecule has 5 heterocycles. The first kappa shape index (κ1) is 14.1. The molecule has 0 spiro atoms. The molecule has 1 amide bonds. The molecule has 3 aliphatic heterocycles. The highest BCUT2D eigenvalue weighted by atomic mass is 79.9. The molecule has 1 atom stereocenters. The first-order chi connectivity index (χ1) is 10.7. The molecule has 3 aliphatic rings. The summed E-state index contributed by atoms with van der Waals surface area (Å²) in [6.07, 6.45) is 5.83. The standard InChI is InChI=1S/C16H17BrN4O/c17-12-8-18-7-11-1-2-13(19-15(11)12)16(22)20-14-9-21-5-3-10(14)4-6-21/h1-2,7-8,10,14H,3-6,9H2,(H,20,22). The Morgan fingerprint density at radius 3 is 2.82 bits per heavy atom. The summed E-state index contributed by atoms with van der Waals surface area (Å²) in [7, 11) is 0. The van der Waals surface area contributed by atoms with Crippen molar-refractivity contribution in [2.45, 2.75) is 18.9 Å². The summed E-state index contributed by atoms with van der Waals surface area (Å²) in [5.41, 5.74) is 1.24. The van der Waals surface area contributed by atoms with Crippen LogP contribution in [0, 0.1) is 5.92 Å². The Balaban J connectivity index is 1.56. The van der Waals surface area contributed by atoms with Crippen LogP contribution in [-0.2, 0) is 0 Å². The summed E-state index contributed by atoms with van der Waals surface area (Å²) in [6, 6.07) is 3.92. The van der Waals surface area contributed by atoms with Gasteiger partial charge in [0.25, 0.3) is 5.91 Å². The van der Waals surface area contributed by atoms with Crippen molar-refractivity contribution >= 4 is 32.7 Å². The molecule has 114 valence electrons. The van der Waals surface area contributed by atoms with Gasteiger partial charge in [-0.25, -0.2) is 4.98 Å². The van der Waals surface area contributed by atoms with Crippen LogP contribution in [0.4, 0.5) is 0 Å². The SMILES string of the molecule is O=C(NC1CN2CCC1CC2)c1ccc2cncc(Br)c2n1. The van der Waals surface area contributed by atoms with Gasteiger partial charge in [-0.1, -0.05) is 0 Å². The third kappa shape index (κ3) is 2.50. The molecule has 1 N–H and O–H groups in total. The fourth-order valence-corrected chi connectivity index (χ4v) is 3.94. The van der Waals surface area contributed by atoms with E-state index in [2.05, 4.69) is 36.1 Å². The Kier molecular flexibility index (Phi) is 3.58. The van der Waals surface area contributed by atoms with Crippen molar-refractivity contribution < 1.29 is 4.79 Å². The molecule has 5 nitrogen and oxygen atoms in total. The lowest BCUT2D eigenvalue weighted by Gasteiger charge is -2.44. The largest absolute Gasteiger partial charge is 0.346 e. The van der Waals surface area contributed by atoms with E-state index in [-0.39, 0.29) is 11.9 Å². The van der Waals surface area contributed by atoms with Crippen LogP contribution in [0.15, 0.2) is 29.0 Å². The van der Waals surface area contributed by atoms with Gasteiger partial charge >= 0.3 is 0 Å². The average molecular weight is 361 g/mol. The molecule has 3 saturated heterocycles. The Labute approximate surface area is 137 Å². The highest BCUT2D eigenvalue weighted by molar-refractivity contribution is 9.10. The number of aromatic nitrogens is 2. The minimum Gasteiger partial charge on any atom is -0.346 e. The van der Waals surface area contributed by atoms with Crippen LogP contribution in [0.1, 0.15) is 23.3 Å². The maximum Gasteiger partial charge on any atom is 0.270 e. The van der Waals surface area contributed by atoms with Crippen molar-refractivity contribution in [1.29, 1.82) is 0 Å². The number of fused-ring (bicyclic) bond motifs is 4. The van der Waals surface area contributed by atoms with Crippen molar-refractivity contribution in [1.82, 2.24) is 20.2 Å². The van der Waals surface area contributed by atoms with E-state index in [1.165, 1.54) is 25.9 Å². The van der Waals surface area contributed by atoms with Crippen LogP contribution in [0.2, 0.25) is 0 Å². The molecule has 5 rings (SSSR count). The number of nitrogens with zero attached hydrogens (tertiary/aromatic N) is 3. The predicted octanol–water partition coefficient (Wildman–Crippen LogP) is 2.22. The third-order valence-corrected chi connectivity index (χ3v) is 5.34. The number of hydrogen-bond acceptors (Lipinski definition) is 4. The molecule has 1 unspecified atom stereocenters. The predicted molar refractivity (Wildman–Crippen MR) is 87.7 cm³/mol. The number of rotatable bonds is 2. The van der Waals surface area contributed by atoms with E-state index in [0.717, 1.165) is 21.9 Å². The van der Waals surface area contributed by atoms with Crippen molar-refractivity contribution in [2.24, 2.45) is 5.92 Å². The first-order valence-corrected chi connectivity index (χ1v) is 8.43. The van der Waals surface area contributed by atoms with E-state index in [1.807, 2.05) is 6.07 Å². The number of halogens is 1. The molecule has 22 heavy (non-hydrogen) atoms. The topological polar surface area (TPSA) is 58.1 Å². The van der Waals surface area contributed by atoms with Crippen LogP contribution >= 0.6 is 15.9 Å². The maximum absolute atomic E-state index is 12.5. The number of hydrogen-bond donors (Lipinski definition) is 1. The van der Waals surface area contributed by atoms with Crippen molar-refractivity contribution in [3.63, 3.8) is 0 Å². The third-order valence-electron chi connectivity index (χ3n) is 4.76. The molecule has 2 aromatic rings. The normalized spacial score (nSPS) is 27.0. The lowest BCUT2D eigenvalue weighted by Crippen LogP contribution is -2.57. The summed E-state index contributed by atoms with van der Waals surface area (Å²) >= 11 is 3.44. The minimum atomic E-state index is -0.0793. The first-order valence-electron chi connectivity index (χ1n) is 7.64. The quantitative estimate of drug-likeness (QED) is 0.891. The van der Waals surface area contributed by atoms with Gasteiger partial charge in [0.1, 0.15) is 5.69 Å². The van der Waals surface area contributed by atoms with Gasteiger partial charge in [0.2, 0.25) is 0 Å². The summed E-state index contributed by atoms with van der Waals surface area (Å²) in [5, 5.41) is 4.10. The van der Waals surface area contributed by atoms with Crippen LogP contribution < -0.4 is 5.32 Å². The van der Waals surface area contributed by atoms with Gasteiger partial charge in [0.05, 0.1) is 9.99 Å². The second kappa shape index (κ2) is 5.59. The zero-order chi connectivity index (χ0) is 15.1. The van der Waals surface area contributed by atoms with Crippen LogP contribution in [-0.4, -0.2) is 46.5 Å². The van der Waals surface area contributed by atoms with Gasteiger partial charge in [-0.05, 0) is 59.9 Å². The van der Waals surface area contributed by atoms with Crippen LogP contribution in [0.5, 0.6) is 0 Å². The van der Waals surface area contributed by atoms with Gasteiger partial charge in [0, 0.05) is 30.4 Å². The number of carbonyl (C=O) groups excluding carboxylic acids is 1. The molecule has 6 heteroatoms. The fraction of sp³-hybridized carbons (Fsp3) is 0.438. The summed E-state index contributed by atoms with van der Waals surface area (Å²) in [5.74, 6) is 0.537. The Hall–Kier alpha value is -1.53. The monoisotopic (exact) mass is 360 g/mol. The van der Waals surface area contributed by atoms with E-state index in [4.69, 9.17) is 0 Å². The van der Waals surface area contributed by atoms with E-state index in [0.29, 0.717) is 11.6 Å². The van der Waals surface area contributed by atoms with Gasteiger partial charge in [0.15, 0.2) is 0 Å². The number of carbonyl (C=O) groups is 1. The van der Waals surface area contributed by atoms with Gasteiger partial charge in [-0.3, -0.25) is 9.78 Å². The molecule has 3 fully saturated rings. The number of pyridine rings is 2. The molecule has 0 saturated carbocycles. The van der Waals surface area contributed by atoms with Crippen LogP contribution in [0.25, 0.3) is 10.9 Å². The zero-order valence-corrected chi connectivity index (χ0v) is 13.7. The van der Waals surface area contributed by atoms with Crippen molar-refractivity contribution in [3.8, 4) is 0 Å². The fourth-order valence-electron chi connectivity index (χ4n) is 3.51. The number of amides is 1. The highest BCUT2D eigenvalue weighted by Gasteiger charge is 2.35. The lowest BCUT2D eigenvalue weighted by molar-refractivity contribution is 0.0618. The molecule has 2 aromatic heterocycles. The Morgan fingerprint density at radius 2 is 2.09 bits per heavy atom. The lowest BCUT2D eigenvalue weighted by atomic mass is 9.84. The number of piperidine rings is 3. The molecule has 2 bridgehead atoms. The second-order valence-electron chi connectivity index (χ2n) is 6.11. The Bertz CT molecular complexity index is 727. The molecule has 0 aromatic carbocycles. The van der Waals surface area contributed by atoms with E-state index in [9.17, 15) is 4.79 Å². The van der Waals surface area contributed by atoms with Crippen molar-refractivity contribution in [2.75, 3.05) is 19.6 Å². The highest BCUT2D eigenvalue weighted by Crippen LogP contribution is 2.27. The molecule has 0 aliphatic carbocycles. The van der Waals surface area contributed by atoms with Gasteiger partial charge in [-0.15, -0.1) is 0 Å². The summed E-state index contributed by atoms with van der Waals surface area (Å²) < 4.78 is 0.808. The zero-order valence-electron chi connectivity index (χ0n) is 12.1. The Morgan fingerprint density at radius 1 is 1.27 bits per heavy atom. The van der Waals surface area contributed by atoms with Gasteiger partial charge in [-0.2, -0.15) is 0 Å².